The van der Waals surface area contributed by atoms with Crippen LogP contribution in [0, 0.1) is 11.7 Å². The lowest BCUT2D eigenvalue weighted by molar-refractivity contribution is 0.180. The number of nitrogens with zero attached hydrogens (tertiary/aromatic N) is 3. The number of rotatable bonds is 6. The van der Waals surface area contributed by atoms with Crippen molar-refractivity contribution in [2.24, 2.45) is 5.92 Å². The molecule has 0 radical (unpaired) electrons. The topological polar surface area (TPSA) is 30.3 Å². The fraction of sp³-hybridized carbons (Fsp3) is 0.471. The second-order valence-electron chi connectivity index (χ2n) is 6.03. The van der Waals surface area contributed by atoms with E-state index in [2.05, 4.69) is 17.0 Å². The molecule has 118 valence electrons. The Balaban J connectivity index is 1.53. The minimum atomic E-state index is -0.230. The summed E-state index contributed by atoms with van der Waals surface area (Å²) in [5, 5.41) is 4.35. The Morgan fingerprint density at radius 1 is 1.36 bits per heavy atom. The van der Waals surface area contributed by atoms with Crippen molar-refractivity contribution in [1.82, 2.24) is 14.7 Å². The summed E-state index contributed by atoms with van der Waals surface area (Å²) in [4.78, 5) is 2.31. The van der Waals surface area contributed by atoms with Crippen LogP contribution >= 0.6 is 0 Å². The molecule has 1 aliphatic heterocycles. The van der Waals surface area contributed by atoms with Crippen LogP contribution in [-0.4, -0.2) is 41.5 Å². The third-order valence-electron chi connectivity index (χ3n) is 4.12. The SMILES string of the molecule is CN(CCC1CCOC1)Cc1cnn(-c2ccc(F)cc2)c1. The van der Waals surface area contributed by atoms with Gasteiger partial charge in [-0.3, -0.25) is 0 Å². The molecule has 1 aliphatic rings. The van der Waals surface area contributed by atoms with Gasteiger partial charge in [-0.1, -0.05) is 0 Å². The van der Waals surface area contributed by atoms with Gasteiger partial charge in [0.2, 0.25) is 0 Å². The maximum atomic E-state index is 12.9. The first-order chi connectivity index (χ1) is 10.7. The van der Waals surface area contributed by atoms with Crippen molar-refractivity contribution < 1.29 is 9.13 Å². The quantitative estimate of drug-likeness (QED) is 0.822. The summed E-state index contributed by atoms with van der Waals surface area (Å²) in [6.07, 6.45) is 6.25. The maximum absolute atomic E-state index is 12.9. The van der Waals surface area contributed by atoms with E-state index < -0.39 is 0 Å². The molecule has 0 saturated carbocycles. The molecule has 0 aliphatic carbocycles. The van der Waals surface area contributed by atoms with Gasteiger partial charge in [0.25, 0.3) is 0 Å². The molecule has 0 spiro atoms. The summed E-state index contributed by atoms with van der Waals surface area (Å²) in [7, 11) is 2.13. The fourth-order valence-electron chi connectivity index (χ4n) is 2.78. The summed E-state index contributed by atoms with van der Waals surface area (Å²) in [5.74, 6) is 0.483. The van der Waals surface area contributed by atoms with Gasteiger partial charge < -0.3 is 9.64 Å². The number of ether oxygens (including phenoxy) is 1. The predicted molar refractivity (Wildman–Crippen MR) is 83.4 cm³/mol. The zero-order valence-electron chi connectivity index (χ0n) is 12.9. The molecule has 5 heteroatoms. The van der Waals surface area contributed by atoms with Gasteiger partial charge in [-0.05, 0) is 56.6 Å². The van der Waals surface area contributed by atoms with E-state index in [0.29, 0.717) is 5.92 Å². The monoisotopic (exact) mass is 303 g/mol. The van der Waals surface area contributed by atoms with Crippen molar-refractivity contribution >= 4 is 0 Å². The highest BCUT2D eigenvalue weighted by molar-refractivity contribution is 5.31. The van der Waals surface area contributed by atoms with E-state index in [-0.39, 0.29) is 5.82 Å². The summed E-state index contributed by atoms with van der Waals surface area (Å²) in [6.45, 7) is 3.76. The lowest BCUT2D eigenvalue weighted by Gasteiger charge is -2.17. The Morgan fingerprint density at radius 3 is 2.91 bits per heavy atom. The van der Waals surface area contributed by atoms with Crippen molar-refractivity contribution in [1.29, 1.82) is 0 Å². The van der Waals surface area contributed by atoms with Gasteiger partial charge in [-0.15, -0.1) is 0 Å². The molecule has 4 nitrogen and oxygen atoms in total. The Labute approximate surface area is 130 Å². The van der Waals surface area contributed by atoms with Crippen molar-refractivity contribution in [3.63, 3.8) is 0 Å². The molecule has 1 aromatic heterocycles. The van der Waals surface area contributed by atoms with E-state index >= 15 is 0 Å². The van der Waals surface area contributed by atoms with Gasteiger partial charge in [0.1, 0.15) is 5.82 Å². The van der Waals surface area contributed by atoms with Crippen LogP contribution in [0.2, 0.25) is 0 Å². The van der Waals surface area contributed by atoms with Crippen molar-refractivity contribution in [2.45, 2.75) is 19.4 Å². The van der Waals surface area contributed by atoms with Gasteiger partial charge in [0.15, 0.2) is 0 Å². The molecule has 1 saturated heterocycles. The second kappa shape index (κ2) is 7.03. The summed E-state index contributed by atoms with van der Waals surface area (Å²) >= 11 is 0. The van der Waals surface area contributed by atoms with Crippen molar-refractivity contribution in [3.8, 4) is 5.69 Å². The van der Waals surface area contributed by atoms with Crippen LogP contribution in [0.4, 0.5) is 4.39 Å². The number of hydrogen-bond donors (Lipinski definition) is 0. The minimum Gasteiger partial charge on any atom is -0.381 e. The van der Waals surface area contributed by atoms with Crippen LogP contribution in [0.15, 0.2) is 36.7 Å². The third-order valence-corrected chi connectivity index (χ3v) is 4.12. The normalized spacial score (nSPS) is 18.2. The zero-order chi connectivity index (χ0) is 15.4. The second-order valence-corrected chi connectivity index (χ2v) is 6.03. The minimum absolute atomic E-state index is 0.230. The van der Waals surface area contributed by atoms with E-state index in [1.165, 1.54) is 25.0 Å². The highest BCUT2D eigenvalue weighted by Gasteiger charge is 2.16. The number of benzene rings is 1. The maximum Gasteiger partial charge on any atom is 0.123 e. The van der Waals surface area contributed by atoms with Gasteiger partial charge >= 0.3 is 0 Å². The third kappa shape index (κ3) is 3.93. The molecular weight excluding hydrogens is 281 g/mol. The highest BCUT2D eigenvalue weighted by atomic mass is 19.1. The Kier molecular flexibility index (Phi) is 4.85. The lowest BCUT2D eigenvalue weighted by atomic mass is 10.1. The van der Waals surface area contributed by atoms with Crippen LogP contribution in [0.1, 0.15) is 18.4 Å². The van der Waals surface area contributed by atoms with Gasteiger partial charge in [-0.25, -0.2) is 9.07 Å². The van der Waals surface area contributed by atoms with E-state index in [1.807, 2.05) is 12.4 Å². The average molecular weight is 303 g/mol. The van der Waals surface area contributed by atoms with E-state index in [4.69, 9.17) is 4.74 Å². The Morgan fingerprint density at radius 2 is 2.18 bits per heavy atom. The molecule has 2 heterocycles. The van der Waals surface area contributed by atoms with Crippen LogP contribution in [0.5, 0.6) is 0 Å². The first-order valence-corrected chi connectivity index (χ1v) is 7.76. The van der Waals surface area contributed by atoms with Crippen molar-refractivity contribution in [2.75, 3.05) is 26.8 Å². The van der Waals surface area contributed by atoms with Crippen LogP contribution in [0.3, 0.4) is 0 Å². The molecule has 1 atom stereocenters. The number of aromatic nitrogens is 2. The van der Waals surface area contributed by atoms with Crippen LogP contribution in [-0.2, 0) is 11.3 Å². The van der Waals surface area contributed by atoms with Crippen molar-refractivity contribution in [3.05, 3.63) is 48.0 Å². The van der Waals surface area contributed by atoms with E-state index in [9.17, 15) is 4.39 Å². The summed E-state index contributed by atoms with van der Waals surface area (Å²) < 4.78 is 20.1. The zero-order valence-corrected chi connectivity index (χ0v) is 12.9. The average Bonchev–Trinajstić information content (AvgIpc) is 3.17. The Hall–Kier alpha value is -1.72. The van der Waals surface area contributed by atoms with E-state index in [0.717, 1.165) is 37.6 Å². The smallest absolute Gasteiger partial charge is 0.123 e. The molecular formula is C17H22FN3O. The number of halogens is 1. The fourth-order valence-corrected chi connectivity index (χ4v) is 2.78. The molecule has 2 aromatic rings. The molecule has 22 heavy (non-hydrogen) atoms. The predicted octanol–water partition coefficient (Wildman–Crippen LogP) is 2.87. The molecule has 1 aromatic carbocycles. The van der Waals surface area contributed by atoms with Crippen LogP contribution < -0.4 is 0 Å². The Bertz CT molecular complexity index is 590. The summed E-state index contributed by atoms with van der Waals surface area (Å²) in [6, 6.07) is 6.37. The van der Waals surface area contributed by atoms with E-state index in [1.54, 1.807) is 16.8 Å². The molecule has 1 unspecified atom stereocenters. The molecule has 0 amide bonds. The first-order valence-electron chi connectivity index (χ1n) is 7.76. The number of hydrogen-bond acceptors (Lipinski definition) is 3. The molecule has 3 rings (SSSR count). The van der Waals surface area contributed by atoms with Crippen LogP contribution in [0.25, 0.3) is 5.69 Å². The summed E-state index contributed by atoms with van der Waals surface area (Å²) in [5.41, 5.74) is 2.04. The standard InChI is InChI=1S/C17H22FN3O/c1-20(8-6-14-7-9-22-13-14)11-15-10-19-21(12-15)17-4-2-16(18)3-5-17/h2-5,10,12,14H,6-9,11,13H2,1H3. The highest BCUT2D eigenvalue weighted by Crippen LogP contribution is 2.17. The van der Waals surface area contributed by atoms with Gasteiger partial charge in [-0.2, -0.15) is 5.10 Å². The lowest BCUT2D eigenvalue weighted by Crippen LogP contribution is -2.21. The molecule has 0 N–H and O–H groups in total. The first kappa shape index (κ1) is 15.2. The molecule has 1 fully saturated rings. The van der Waals surface area contributed by atoms with Gasteiger partial charge in [0, 0.05) is 31.5 Å². The van der Waals surface area contributed by atoms with Gasteiger partial charge in [0.05, 0.1) is 11.9 Å². The molecule has 0 bridgehead atoms. The largest absolute Gasteiger partial charge is 0.381 e.